The fourth-order valence-corrected chi connectivity index (χ4v) is 4.96. The van der Waals surface area contributed by atoms with Crippen LogP contribution in [0.1, 0.15) is 28.1 Å². The monoisotopic (exact) mass is 542 g/mol. The van der Waals surface area contributed by atoms with Crippen LogP contribution in [0.2, 0.25) is 0 Å². The summed E-state index contributed by atoms with van der Waals surface area (Å²) in [7, 11) is 3.07. The summed E-state index contributed by atoms with van der Waals surface area (Å²) in [6.07, 6.45) is 0. The Morgan fingerprint density at radius 3 is 2.21 bits per heavy atom. The zero-order valence-corrected chi connectivity index (χ0v) is 22.8. The molecule has 0 aromatic heterocycles. The predicted octanol–water partition coefficient (Wildman–Crippen LogP) is 6.83. The number of carbonyl (C=O) groups excluding carboxylic acids is 2. The highest BCUT2D eigenvalue weighted by molar-refractivity contribution is 8.00. The molecule has 4 aromatic rings. The van der Waals surface area contributed by atoms with Crippen LogP contribution in [0.15, 0.2) is 102 Å². The second-order valence-electron chi connectivity index (χ2n) is 8.41. The topological polar surface area (TPSA) is 85.9 Å². The molecule has 0 saturated carbocycles. The molecule has 200 valence electrons. The molecule has 2 N–H and O–H groups in total. The summed E-state index contributed by atoms with van der Waals surface area (Å²) < 4.78 is 16.1. The molecule has 0 aliphatic heterocycles. The first-order valence-electron chi connectivity index (χ1n) is 12.4. The molecule has 0 saturated heterocycles. The smallest absolute Gasteiger partial charge is 0.255 e. The minimum absolute atomic E-state index is 0.157. The van der Waals surface area contributed by atoms with Crippen LogP contribution in [0.5, 0.6) is 17.2 Å². The summed E-state index contributed by atoms with van der Waals surface area (Å²) in [5.41, 5.74) is 2.59. The van der Waals surface area contributed by atoms with E-state index in [1.54, 1.807) is 31.4 Å². The van der Waals surface area contributed by atoms with Crippen molar-refractivity contribution in [1.82, 2.24) is 0 Å². The van der Waals surface area contributed by atoms with Gasteiger partial charge in [-0.15, -0.1) is 11.8 Å². The van der Waals surface area contributed by atoms with Gasteiger partial charge < -0.3 is 24.8 Å². The number of hydrogen-bond donors (Lipinski definition) is 2. The number of amides is 2. The predicted molar refractivity (Wildman–Crippen MR) is 155 cm³/mol. The van der Waals surface area contributed by atoms with Crippen LogP contribution in [0.4, 0.5) is 11.4 Å². The number of thioether (sulfide) groups is 1. The number of anilines is 2. The quantitative estimate of drug-likeness (QED) is 0.202. The van der Waals surface area contributed by atoms with Gasteiger partial charge in [0.2, 0.25) is 5.91 Å². The maximum Gasteiger partial charge on any atom is 0.255 e. The van der Waals surface area contributed by atoms with E-state index in [0.29, 0.717) is 35.0 Å². The molecule has 8 heteroatoms. The molecular weight excluding hydrogens is 512 g/mol. The Morgan fingerprint density at radius 2 is 1.51 bits per heavy atom. The third-order valence-electron chi connectivity index (χ3n) is 5.76. The fourth-order valence-electron chi connectivity index (χ4n) is 3.87. The standard InChI is InChI=1S/C31H30N2O5S/c1-4-38-25-16-14-23(15-17-25)32-31(35)29(21-9-6-5-7-10-21)39-26-12-8-11-24(20-26)33-30(34)22-13-18-27(36-2)28(19-22)37-3/h5-20,29H,4H2,1-3H3,(H,32,35)(H,33,34). The first-order chi connectivity index (χ1) is 19.0. The maximum atomic E-state index is 13.4. The van der Waals surface area contributed by atoms with Crippen LogP contribution in [-0.4, -0.2) is 32.6 Å². The molecule has 2 amide bonds. The van der Waals surface area contributed by atoms with Crippen LogP contribution < -0.4 is 24.8 Å². The fraction of sp³-hybridized carbons (Fsp3) is 0.161. The van der Waals surface area contributed by atoms with Crippen molar-refractivity contribution in [2.24, 2.45) is 0 Å². The van der Waals surface area contributed by atoms with Gasteiger partial charge in [-0.3, -0.25) is 9.59 Å². The van der Waals surface area contributed by atoms with Gasteiger partial charge in [-0.05, 0) is 73.2 Å². The summed E-state index contributed by atoms with van der Waals surface area (Å²) in [5, 5.41) is 5.42. The summed E-state index contributed by atoms with van der Waals surface area (Å²) >= 11 is 1.40. The van der Waals surface area contributed by atoms with Crippen LogP contribution in [0.3, 0.4) is 0 Å². The molecule has 0 aliphatic carbocycles. The molecule has 0 bridgehead atoms. The van der Waals surface area contributed by atoms with Crippen LogP contribution >= 0.6 is 11.8 Å². The highest BCUT2D eigenvalue weighted by Crippen LogP contribution is 2.37. The third-order valence-corrected chi connectivity index (χ3v) is 7.01. The van der Waals surface area contributed by atoms with Gasteiger partial charge in [-0.1, -0.05) is 36.4 Å². The van der Waals surface area contributed by atoms with Crippen LogP contribution in [0.25, 0.3) is 0 Å². The van der Waals surface area contributed by atoms with Gasteiger partial charge in [0.15, 0.2) is 11.5 Å². The molecule has 0 spiro atoms. The van der Waals surface area contributed by atoms with E-state index in [1.165, 1.54) is 18.9 Å². The second kappa shape index (κ2) is 13.4. The molecule has 4 aromatic carbocycles. The summed E-state index contributed by atoms with van der Waals surface area (Å²) in [4.78, 5) is 27.2. The summed E-state index contributed by atoms with van der Waals surface area (Å²) in [5.74, 6) is 1.32. The lowest BCUT2D eigenvalue weighted by Crippen LogP contribution is -2.19. The minimum atomic E-state index is -0.519. The van der Waals surface area contributed by atoms with Crippen molar-refractivity contribution in [2.45, 2.75) is 17.1 Å². The van der Waals surface area contributed by atoms with Crippen LogP contribution in [-0.2, 0) is 4.79 Å². The summed E-state index contributed by atoms with van der Waals surface area (Å²) in [6.45, 7) is 2.50. The van der Waals surface area contributed by atoms with Gasteiger partial charge >= 0.3 is 0 Å². The van der Waals surface area contributed by atoms with Crippen LogP contribution in [0, 0.1) is 0 Å². The number of methoxy groups -OCH3 is 2. The molecule has 0 fully saturated rings. The average molecular weight is 543 g/mol. The lowest BCUT2D eigenvalue weighted by atomic mass is 10.1. The Kier molecular flexibility index (Phi) is 9.48. The van der Waals surface area contributed by atoms with Crippen molar-refractivity contribution in [3.8, 4) is 17.2 Å². The Labute approximate surface area is 232 Å². The highest BCUT2D eigenvalue weighted by atomic mass is 32.2. The van der Waals surface area contributed by atoms with Crippen molar-refractivity contribution in [1.29, 1.82) is 0 Å². The van der Waals surface area contributed by atoms with E-state index in [0.717, 1.165) is 16.2 Å². The molecule has 39 heavy (non-hydrogen) atoms. The SMILES string of the molecule is CCOc1ccc(NC(=O)C(Sc2cccc(NC(=O)c3ccc(OC)c(OC)c3)c2)c2ccccc2)cc1. The third kappa shape index (κ3) is 7.33. The van der Waals surface area contributed by atoms with E-state index >= 15 is 0 Å². The molecule has 1 unspecified atom stereocenters. The first kappa shape index (κ1) is 27.6. The van der Waals surface area contributed by atoms with Gasteiger partial charge in [0.1, 0.15) is 11.0 Å². The molecular formula is C31H30N2O5S. The number of hydrogen-bond acceptors (Lipinski definition) is 6. The zero-order valence-electron chi connectivity index (χ0n) is 22.0. The first-order valence-corrected chi connectivity index (χ1v) is 13.3. The van der Waals surface area contributed by atoms with Gasteiger partial charge in [-0.2, -0.15) is 0 Å². The largest absolute Gasteiger partial charge is 0.494 e. The average Bonchev–Trinajstić information content (AvgIpc) is 2.97. The van der Waals surface area contributed by atoms with E-state index in [9.17, 15) is 9.59 Å². The molecule has 7 nitrogen and oxygen atoms in total. The molecule has 0 heterocycles. The van der Waals surface area contributed by atoms with Crippen molar-refractivity contribution in [3.05, 3.63) is 108 Å². The second-order valence-corrected chi connectivity index (χ2v) is 9.59. The number of benzene rings is 4. The van der Waals surface area contributed by atoms with E-state index in [1.807, 2.05) is 79.7 Å². The van der Waals surface area contributed by atoms with Gasteiger partial charge in [0, 0.05) is 21.8 Å². The van der Waals surface area contributed by atoms with E-state index in [2.05, 4.69) is 10.6 Å². The highest BCUT2D eigenvalue weighted by Gasteiger charge is 2.22. The molecule has 1 atom stereocenters. The Morgan fingerprint density at radius 1 is 0.769 bits per heavy atom. The lowest BCUT2D eigenvalue weighted by molar-refractivity contribution is -0.115. The van der Waals surface area contributed by atoms with Crippen molar-refractivity contribution < 1.29 is 23.8 Å². The molecule has 0 aliphatic rings. The molecule has 4 rings (SSSR count). The Bertz CT molecular complexity index is 1410. The lowest BCUT2D eigenvalue weighted by Gasteiger charge is -2.18. The maximum absolute atomic E-state index is 13.4. The minimum Gasteiger partial charge on any atom is -0.494 e. The Balaban J connectivity index is 1.51. The van der Waals surface area contributed by atoms with Gasteiger partial charge in [-0.25, -0.2) is 0 Å². The Hall–Kier alpha value is -4.43. The summed E-state index contributed by atoms with van der Waals surface area (Å²) in [6, 6.07) is 29.3. The van der Waals surface area contributed by atoms with Crippen molar-refractivity contribution in [2.75, 3.05) is 31.5 Å². The number of rotatable bonds is 11. The number of ether oxygens (including phenoxy) is 3. The van der Waals surface area contributed by atoms with Crippen molar-refractivity contribution >= 4 is 35.0 Å². The zero-order chi connectivity index (χ0) is 27.6. The normalized spacial score (nSPS) is 11.3. The van der Waals surface area contributed by atoms with Gasteiger partial charge in [0.05, 0.1) is 20.8 Å². The van der Waals surface area contributed by atoms with Crippen molar-refractivity contribution in [3.63, 3.8) is 0 Å². The van der Waals surface area contributed by atoms with E-state index in [-0.39, 0.29) is 11.8 Å². The van der Waals surface area contributed by atoms with E-state index in [4.69, 9.17) is 14.2 Å². The molecule has 0 radical (unpaired) electrons. The number of nitrogens with one attached hydrogen (secondary N) is 2. The van der Waals surface area contributed by atoms with E-state index < -0.39 is 5.25 Å². The van der Waals surface area contributed by atoms with Gasteiger partial charge in [0.25, 0.3) is 5.91 Å². The number of carbonyl (C=O) groups is 2.